The largest absolute Gasteiger partial charge is 0.473 e. The molecule has 0 saturated heterocycles. The quantitative estimate of drug-likeness (QED) is 0.433. The van der Waals surface area contributed by atoms with Crippen LogP contribution in [0.25, 0.3) is 0 Å². The van der Waals surface area contributed by atoms with Crippen molar-refractivity contribution in [1.29, 1.82) is 0 Å². The lowest BCUT2D eigenvalue weighted by Crippen LogP contribution is -2.09. The summed E-state index contributed by atoms with van der Waals surface area (Å²) in [4.78, 5) is 10.3. The van der Waals surface area contributed by atoms with Crippen LogP contribution in [0.3, 0.4) is 0 Å². The van der Waals surface area contributed by atoms with Gasteiger partial charge in [-0.2, -0.15) is 5.10 Å². The summed E-state index contributed by atoms with van der Waals surface area (Å²) in [7, 11) is 1.61. The van der Waals surface area contributed by atoms with E-state index in [1.165, 1.54) is 4.68 Å². The Morgan fingerprint density at radius 3 is 2.87 bits per heavy atom. The van der Waals surface area contributed by atoms with Gasteiger partial charge in [-0.05, 0) is 19.9 Å². The first kappa shape index (κ1) is 11.4. The minimum Gasteiger partial charge on any atom is -0.473 e. The van der Waals surface area contributed by atoms with Crippen LogP contribution in [0, 0.1) is 17.0 Å². The summed E-state index contributed by atoms with van der Waals surface area (Å²) in [6, 6.07) is 0. The number of rotatable bonds is 5. The molecule has 0 spiro atoms. The number of hydrogen-bond acceptors (Lipinski definition) is 5. The van der Waals surface area contributed by atoms with Crippen molar-refractivity contribution >= 4 is 5.69 Å². The molecule has 1 aromatic rings. The van der Waals surface area contributed by atoms with Crippen LogP contribution in [-0.2, 0) is 7.05 Å². The first-order valence-corrected chi connectivity index (χ1v) is 4.58. The summed E-state index contributed by atoms with van der Waals surface area (Å²) in [6.07, 6.45) is 0.654. The molecule has 0 aliphatic heterocycles. The number of aromatic nitrogens is 2. The minimum atomic E-state index is -0.486. The van der Waals surface area contributed by atoms with Gasteiger partial charge in [0, 0.05) is 7.05 Å². The zero-order valence-electron chi connectivity index (χ0n) is 8.77. The van der Waals surface area contributed by atoms with Crippen LogP contribution in [0.4, 0.5) is 5.69 Å². The molecule has 0 unspecified atom stereocenters. The van der Waals surface area contributed by atoms with E-state index in [1.807, 2.05) is 0 Å². The molecule has 0 amide bonds. The maximum atomic E-state index is 10.7. The minimum absolute atomic E-state index is 0.0745. The third kappa shape index (κ3) is 2.44. The molecule has 84 valence electrons. The van der Waals surface area contributed by atoms with E-state index in [-0.39, 0.29) is 11.6 Å². The number of nitro groups is 1. The highest BCUT2D eigenvalue weighted by Crippen LogP contribution is 2.29. The van der Waals surface area contributed by atoms with Crippen LogP contribution in [0.2, 0.25) is 0 Å². The van der Waals surface area contributed by atoms with E-state index in [0.717, 1.165) is 0 Å². The summed E-state index contributed by atoms with van der Waals surface area (Å²) in [5.41, 5.74) is 5.58. The average molecular weight is 214 g/mol. The van der Waals surface area contributed by atoms with Gasteiger partial charge in [0.1, 0.15) is 5.69 Å². The van der Waals surface area contributed by atoms with Crippen LogP contribution in [-0.4, -0.2) is 27.9 Å². The topological polar surface area (TPSA) is 96.2 Å². The molecule has 15 heavy (non-hydrogen) atoms. The van der Waals surface area contributed by atoms with Gasteiger partial charge in [-0.25, -0.2) is 4.68 Å². The van der Waals surface area contributed by atoms with Crippen molar-refractivity contribution in [1.82, 2.24) is 9.78 Å². The number of nitrogens with two attached hydrogens (primary N) is 1. The fourth-order valence-electron chi connectivity index (χ4n) is 1.25. The zero-order valence-corrected chi connectivity index (χ0v) is 8.77. The van der Waals surface area contributed by atoms with Gasteiger partial charge in [0.15, 0.2) is 0 Å². The van der Waals surface area contributed by atoms with E-state index in [0.29, 0.717) is 25.3 Å². The molecule has 0 bridgehead atoms. The fraction of sp³-hybridized carbons (Fsp3) is 0.625. The van der Waals surface area contributed by atoms with Gasteiger partial charge < -0.3 is 10.5 Å². The van der Waals surface area contributed by atoms with E-state index in [1.54, 1.807) is 14.0 Å². The zero-order chi connectivity index (χ0) is 11.4. The second kappa shape index (κ2) is 4.74. The molecule has 1 aromatic heterocycles. The van der Waals surface area contributed by atoms with Crippen molar-refractivity contribution in [2.45, 2.75) is 13.3 Å². The van der Waals surface area contributed by atoms with Crippen molar-refractivity contribution < 1.29 is 9.66 Å². The normalized spacial score (nSPS) is 10.3. The first-order valence-electron chi connectivity index (χ1n) is 4.58. The van der Waals surface area contributed by atoms with Crippen LogP contribution in [0.15, 0.2) is 0 Å². The first-order chi connectivity index (χ1) is 7.07. The Kier molecular flexibility index (Phi) is 3.62. The van der Waals surface area contributed by atoms with Crippen molar-refractivity contribution in [3.63, 3.8) is 0 Å². The SMILES string of the molecule is Cc1nn(C)c(OCCCN)c1[N+](=O)[O-]. The average Bonchev–Trinajstić information content (AvgIpc) is 2.42. The molecule has 0 saturated carbocycles. The van der Waals surface area contributed by atoms with Crippen LogP contribution in [0.1, 0.15) is 12.1 Å². The molecule has 2 N–H and O–H groups in total. The van der Waals surface area contributed by atoms with E-state index in [9.17, 15) is 10.1 Å². The molecule has 0 aliphatic carbocycles. The summed E-state index contributed by atoms with van der Waals surface area (Å²) >= 11 is 0. The Labute approximate surface area is 87.0 Å². The van der Waals surface area contributed by atoms with E-state index in [4.69, 9.17) is 10.5 Å². The monoisotopic (exact) mass is 214 g/mol. The summed E-state index contributed by atoms with van der Waals surface area (Å²) in [6.45, 7) is 2.43. The van der Waals surface area contributed by atoms with Crippen LogP contribution >= 0.6 is 0 Å². The summed E-state index contributed by atoms with van der Waals surface area (Å²) in [5.74, 6) is 0.186. The maximum absolute atomic E-state index is 10.7. The molecule has 7 heteroatoms. The van der Waals surface area contributed by atoms with Gasteiger partial charge in [-0.15, -0.1) is 0 Å². The number of hydrogen-bond donors (Lipinski definition) is 1. The Balaban J connectivity index is 2.89. The van der Waals surface area contributed by atoms with Gasteiger partial charge in [0.2, 0.25) is 0 Å². The van der Waals surface area contributed by atoms with Crippen molar-refractivity contribution in [2.75, 3.05) is 13.2 Å². The van der Waals surface area contributed by atoms with Gasteiger partial charge in [-0.1, -0.05) is 0 Å². The van der Waals surface area contributed by atoms with Crippen molar-refractivity contribution in [3.8, 4) is 5.88 Å². The Hall–Kier alpha value is -1.63. The lowest BCUT2D eigenvalue weighted by Gasteiger charge is -2.03. The van der Waals surface area contributed by atoms with Crippen LogP contribution < -0.4 is 10.5 Å². The predicted molar refractivity (Wildman–Crippen MR) is 53.8 cm³/mol. The summed E-state index contributed by atoms with van der Waals surface area (Å²) in [5, 5.41) is 14.7. The lowest BCUT2D eigenvalue weighted by molar-refractivity contribution is -0.386. The lowest BCUT2D eigenvalue weighted by atomic mass is 10.4. The van der Waals surface area contributed by atoms with Gasteiger partial charge >= 0.3 is 5.69 Å². The molecule has 0 aliphatic rings. The highest BCUT2D eigenvalue weighted by Gasteiger charge is 2.25. The molecule has 0 aromatic carbocycles. The Morgan fingerprint density at radius 1 is 1.67 bits per heavy atom. The molecule has 1 rings (SSSR count). The molecular weight excluding hydrogens is 200 g/mol. The number of ether oxygens (including phenoxy) is 1. The molecule has 0 atom stereocenters. The predicted octanol–water partition coefficient (Wildman–Crippen LogP) is 0.364. The van der Waals surface area contributed by atoms with Crippen molar-refractivity contribution in [3.05, 3.63) is 15.8 Å². The van der Waals surface area contributed by atoms with Crippen molar-refractivity contribution in [2.24, 2.45) is 12.8 Å². The number of aryl methyl sites for hydroxylation is 2. The highest BCUT2D eigenvalue weighted by atomic mass is 16.6. The Morgan fingerprint density at radius 2 is 2.33 bits per heavy atom. The Bertz CT molecular complexity index is 361. The molecule has 0 fully saturated rings. The molecule has 0 radical (unpaired) electrons. The van der Waals surface area contributed by atoms with Gasteiger partial charge in [0.25, 0.3) is 5.88 Å². The third-order valence-electron chi connectivity index (χ3n) is 1.91. The van der Waals surface area contributed by atoms with E-state index in [2.05, 4.69) is 5.10 Å². The number of nitrogens with zero attached hydrogens (tertiary/aromatic N) is 3. The van der Waals surface area contributed by atoms with Gasteiger partial charge in [-0.3, -0.25) is 10.1 Å². The van der Waals surface area contributed by atoms with Crippen LogP contribution in [0.5, 0.6) is 5.88 Å². The smallest absolute Gasteiger partial charge is 0.353 e. The van der Waals surface area contributed by atoms with Gasteiger partial charge in [0.05, 0.1) is 11.5 Å². The fourth-order valence-corrected chi connectivity index (χ4v) is 1.25. The summed E-state index contributed by atoms with van der Waals surface area (Å²) < 4.78 is 6.63. The third-order valence-corrected chi connectivity index (χ3v) is 1.91. The second-order valence-corrected chi connectivity index (χ2v) is 3.11. The van der Waals surface area contributed by atoms with E-state index >= 15 is 0 Å². The maximum Gasteiger partial charge on any atom is 0.353 e. The van der Waals surface area contributed by atoms with E-state index < -0.39 is 4.92 Å². The molecule has 1 heterocycles. The highest BCUT2D eigenvalue weighted by molar-refractivity contribution is 5.45. The molecule has 7 nitrogen and oxygen atoms in total. The molecular formula is C8H14N4O3. The second-order valence-electron chi connectivity index (χ2n) is 3.11. The standard InChI is InChI=1S/C8H14N4O3/c1-6-7(12(13)14)8(11(2)10-6)15-5-3-4-9/h3-5,9H2,1-2H3.